The van der Waals surface area contributed by atoms with E-state index in [1.165, 1.54) is 43.2 Å². The Bertz CT molecular complexity index is 583. The van der Waals surface area contributed by atoms with Gasteiger partial charge >= 0.3 is 0 Å². The number of aryl methyl sites for hydroxylation is 1. The van der Waals surface area contributed by atoms with E-state index in [0.717, 1.165) is 5.95 Å². The van der Waals surface area contributed by atoms with Crippen molar-refractivity contribution in [3.8, 4) is 0 Å². The van der Waals surface area contributed by atoms with Crippen molar-refractivity contribution in [1.82, 2.24) is 9.55 Å². The Hall–Kier alpha value is -1.77. The van der Waals surface area contributed by atoms with Crippen molar-refractivity contribution in [1.29, 1.82) is 0 Å². The molecule has 1 saturated carbocycles. The third-order valence-corrected chi connectivity index (χ3v) is 4.28. The smallest absolute Gasteiger partial charge is 0.203 e. The number of benzene rings is 1. The first-order valence-corrected chi connectivity index (χ1v) is 7.29. The van der Waals surface area contributed by atoms with Gasteiger partial charge in [-0.25, -0.2) is 4.98 Å². The molecule has 98 valence electrons. The van der Waals surface area contributed by atoms with E-state index in [-0.39, 0.29) is 0 Å². The zero-order valence-corrected chi connectivity index (χ0v) is 11.0. The highest BCUT2D eigenvalue weighted by Gasteiger charge is 2.27. The lowest BCUT2D eigenvalue weighted by Gasteiger charge is -2.27. The van der Waals surface area contributed by atoms with Gasteiger partial charge in [0.25, 0.3) is 0 Å². The first-order valence-electron chi connectivity index (χ1n) is 7.29. The van der Waals surface area contributed by atoms with E-state index in [4.69, 9.17) is 0 Å². The molecule has 4 rings (SSSR count). The molecule has 2 aromatic rings. The van der Waals surface area contributed by atoms with Crippen LogP contribution in [-0.4, -0.2) is 9.55 Å². The Morgan fingerprint density at radius 3 is 2.95 bits per heavy atom. The molecule has 0 bridgehead atoms. The maximum atomic E-state index is 4.50. The van der Waals surface area contributed by atoms with Crippen LogP contribution in [0.25, 0.3) is 0 Å². The predicted octanol–water partition coefficient (Wildman–Crippen LogP) is 3.71. The molecule has 3 nitrogen and oxygen atoms in total. The number of hydrogen-bond acceptors (Lipinski definition) is 2. The summed E-state index contributed by atoms with van der Waals surface area (Å²) in [6, 6.07) is 9.92. The van der Waals surface area contributed by atoms with E-state index in [1.54, 1.807) is 0 Å². The van der Waals surface area contributed by atoms with Gasteiger partial charge in [0.1, 0.15) is 0 Å². The van der Waals surface area contributed by atoms with Crippen molar-refractivity contribution in [2.24, 2.45) is 0 Å². The highest BCUT2D eigenvalue weighted by molar-refractivity contribution is 5.39. The van der Waals surface area contributed by atoms with Crippen LogP contribution in [0.4, 0.5) is 5.95 Å². The second kappa shape index (κ2) is 4.41. The Balaban J connectivity index is 1.62. The van der Waals surface area contributed by atoms with Gasteiger partial charge in [0, 0.05) is 18.4 Å². The SMILES string of the molecule is c1ccc2c(c1)CCCC2Nc1nccn1C1CC1. The van der Waals surface area contributed by atoms with Gasteiger partial charge in [-0.1, -0.05) is 24.3 Å². The van der Waals surface area contributed by atoms with Crippen molar-refractivity contribution in [3.63, 3.8) is 0 Å². The number of fused-ring (bicyclic) bond motifs is 1. The average molecular weight is 253 g/mol. The third-order valence-electron chi connectivity index (χ3n) is 4.28. The van der Waals surface area contributed by atoms with Crippen LogP contribution in [0.5, 0.6) is 0 Å². The molecular formula is C16H19N3. The highest BCUT2D eigenvalue weighted by atomic mass is 15.2. The lowest BCUT2D eigenvalue weighted by atomic mass is 9.88. The van der Waals surface area contributed by atoms with Gasteiger partial charge in [0.05, 0.1) is 6.04 Å². The van der Waals surface area contributed by atoms with Crippen molar-refractivity contribution < 1.29 is 0 Å². The number of aromatic nitrogens is 2. The molecule has 1 heterocycles. The molecule has 0 amide bonds. The highest BCUT2D eigenvalue weighted by Crippen LogP contribution is 2.38. The maximum absolute atomic E-state index is 4.50. The molecular weight excluding hydrogens is 234 g/mol. The Morgan fingerprint density at radius 2 is 2.05 bits per heavy atom. The number of rotatable bonds is 3. The molecule has 1 N–H and O–H groups in total. The summed E-state index contributed by atoms with van der Waals surface area (Å²) in [4.78, 5) is 4.50. The first kappa shape index (κ1) is 11.1. The summed E-state index contributed by atoms with van der Waals surface area (Å²) in [6.07, 6.45) is 10.3. The minimum absolute atomic E-state index is 0.421. The van der Waals surface area contributed by atoms with Gasteiger partial charge in [-0.2, -0.15) is 0 Å². The van der Waals surface area contributed by atoms with Crippen molar-refractivity contribution in [2.75, 3.05) is 5.32 Å². The molecule has 2 aliphatic rings. The summed E-state index contributed by atoms with van der Waals surface area (Å²) >= 11 is 0. The number of imidazole rings is 1. The molecule has 1 aromatic carbocycles. The quantitative estimate of drug-likeness (QED) is 0.903. The molecule has 0 aliphatic heterocycles. The van der Waals surface area contributed by atoms with Crippen LogP contribution in [0.1, 0.15) is 48.9 Å². The zero-order valence-electron chi connectivity index (χ0n) is 11.0. The van der Waals surface area contributed by atoms with Gasteiger partial charge < -0.3 is 9.88 Å². The van der Waals surface area contributed by atoms with Gasteiger partial charge in [-0.15, -0.1) is 0 Å². The molecule has 0 spiro atoms. The molecule has 1 aromatic heterocycles. The zero-order chi connectivity index (χ0) is 12.7. The second-order valence-electron chi connectivity index (χ2n) is 5.68. The molecule has 2 aliphatic carbocycles. The van der Waals surface area contributed by atoms with Gasteiger partial charge in [0.15, 0.2) is 0 Å². The minimum Gasteiger partial charge on any atom is -0.349 e. The molecule has 3 heteroatoms. The van der Waals surface area contributed by atoms with E-state index in [1.807, 2.05) is 6.20 Å². The summed E-state index contributed by atoms with van der Waals surface area (Å²) in [7, 11) is 0. The molecule has 1 unspecified atom stereocenters. The first-order chi connectivity index (χ1) is 9.42. The summed E-state index contributed by atoms with van der Waals surface area (Å²) in [5.41, 5.74) is 2.95. The average Bonchev–Trinajstić information content (AvgIpc) is 3.20. The molecule has 19 heavy (non-hydrogen) atoms. The number of hydrogen-bond donors (Lipinski definition) is 1. The van der Waals surface area contributed by atoms with Crippen molar-refractivity contribution in [2.45, 2.75) is 44.2 Å². The maximum Gasteiger partial charge on any atom is 0.203 e. The van der Waals surface area contributed by atoms with Crippen LogP contribution in [-0.2, 0) is 6.42 Å². The number of nitrogens with one attached hydrogen (secondary N) is 1. The summed E-state index contributed by atoms with van der Waals surface area (Å²) < 4.78 is 2.30. The third kappa shape index (κ3) is 2.03. The Morgan fingerprint density at radius 1 is 1.16 bits per heavy atom. The topological polar surface area (TPSA) is 29.9 Å². The van der Waals surface area contributed by atoms with Gasteiger partial charge in [-0.05, 0) is 43.2 Å². The summed E-state index contributed by atoms with van der Waals surface area (Å²) in [6.45, 7) is 0. The fourth-order valence-electron chi connectivity index (χ4n) is 3.13. The van der Waals surface area contributed by atoms with Gasteiger partial charge in [0.2, 0.25) is 5.95 Å². The second-order valence-corrected chi connectivity index (χ2v) is 5.68. The Kier molecular flexibility index (Phi) is 2.57. The van der Waals surface area contributed by atoms with E-state index in [0.29, 0.717) is 12.1 Å². The minimum atomic E-state index is 0.421. The van der Waals surface area contributed by atoms with Crippen molar-refractivity contribution >= 4 is 5.95 Å². The van der Waals surface area contributed by atoms with Crippen molar-refractivity contribution in [3.05, 3.63) is 47.8 Å². The van der Waals surface area contributed by atoms with E-state index < -0.39 is 0 Å². The van der Waals surface area contributed by atoms with Gasteiger partial charge in [-0.3, -0.25) is 0 Å². The van der Waals surface area contributed by atoms with Crippen LogP contribution in [0.2, 0.25) is 0 Å². The number of nitrogens with zero attached hydrogens (tertiary/aromatic N) is 2. The molecule has 0 radical (unpaired) electrons. The van der Waals surface area contributed by atoms with Crippen LogP contribution in [0.15, 0.2) is 36.7 Å². The van der Waals surface area contributed by atoms with Crippen LogP contribution in [0, 0.1) is 0 Å². The Labute approximate surface area is 113 Å². The van der Waals surface area contributed by atoms with Crippen LogP contribution < -0.4 is 5.32 Å². The monoisotopic (exact) mass is 253 g/mol. The standard InChI is InChI=1S/C16H19N3/c1-2-6-14-12(4-1)5-3-7-15(14)18-16-17-10-11-19(16)13-8-9-13/h1-2,4,6,10-11,13,15H,3,5,7-9H2,(H,17,18). The summed E-state index contributed by atoms with van der Waals surface area (Å²) in [5, 5.41) is 3.66. The van der Waals surface area contributed by atoms with Crippen LogP contribution >= 0.6 is 0 Å². The van der Waals surface area contributed by atoms with Crippen LogP contribution in [0.3, 0.4) is 0 Å². The lowest BCUT2D eigenvalue weighted by molar-refractivity contribution is 0.589. The summed E-state index contributed by atoms with van der Waals surface area (Å²) in [5.74, 6) is 1.05. The van der Waals surface area contributed by atoms with E-state index in [2.05, 4.69) is 45.3 Å². The fourth-order valence-corrected chi connectivity index (χ4v) is 3.13. The van der Waals surface area contributed by atoms with E-state index >= 15 is 0 Å². The molecule has 1 fully saturated rings. The molecule has 1 atom stereocenters. The fraction of sp³-hybridized carbons (Fsp3) is 0.438. The predicted molar refractivity (Wildman–Crippen MR) is 76.2 cm³/mol. The lowest BCUT2D eigenvalue weighted by Crippen LogP contribution is -2.19. The molecule has 0 saturated heterocycles. The normalized spacial score (nSPS) is 22.0. The van der Waals surface area contributed by atoms with E-state index in [9.17, 15) is 0 Å². The largest absolute Gasteiger partial charge is 0.349 e. The number of anilines is 1.